The van der Waals surface area contributed by atoms with E-state index in [1.54, 1.807) is 0 Å². The van der Waals surface area contributed by atoms with E-state index in [9.17, 15) is 45.6 Å². The zero-order valence-corrected chi connectivity index (χ0v) is 21.1. The summed E-state index contributed by atoms with van der Waals surface area (Å²) in [7, 11) is 0. The highest BCUT2D eigenvalue weighted by molar-refractivity contribution is 5.87. The summed E-state index contributed by atoms with van der Waals surface area (Å²) in [5.74, 6) is -4.45. The number of hydrogen-bond acceptors (Lipinski definition) is 11. The Kier molecular flexibility index (Phi) is 4.44. The molecule has 37 heavy (non-hydrogen) atoms. The van der Waals surface area contributed by atoms with Crippen LogP contribution in [-0.4, -0.2) is 110 Å². The summed E-state index contributed by atoms with van der Waals surface area (Å²) in [6.07, 6.45) is -3.87. The van der Waals surface area contributed by atoms with Crippen LogP contribution in [-0.2, 0) is 9.47 Å². The number of hydrogen-bond donors (Lipinski definition) is 9. The maximum Gasteiger partial charge on any atom is 0.355 e. The number of esters is 1. The largest absolute Gasteiger partial charge is 0.451 e. The Bertz CT molecular complexity index is 1190. The van der Waals surface area contributed by atoms with Crippen LogP contribution in [0.3, 0.4) is 0 Å². The lowest BCUT2D eigenvalue weighted by molar-refractivity contribution is -0.403. The highest BCUT2D eigenvalue weighted by atomic mass is 16.7. The number of carbonyl (C=O) groups excluding carboxylic acids is 1. The van der Waals surface area contributed by atoms with Crippen molar-refractivity contribution in [3.8, 4) is 0 Å². The van der Waals surface area contributed by atoms with Crippen molar-refractivity contribution in [1.82, 2.24) is 4.98 Å². The summed E-state index contributed by atoms with van der Waals surface area (Å²) in [5.41, 5.74) is -19.9. The van der Waals surface area contributed by atoms with Crippen LogP contribution in [0.25, 0.3) is 0 Å². The topological polar surface area (TPSA) is 213 Å². The first-order valence-corrected chi connectivity index (χ1v) is 12.6. The highest BCUT2D eigenvalue weighted by Gasteiger charge is 3.11. The number of aromatic amines is 1. The van der Waals surface area contributed by atoms with E-state index in [2.05, 4.69) is 4.98 Å². The molecule has 6 bridgehead atoms. The number of aromatic nitrogens is 1. The van der Waals surface area contributed by atoms with Crippen LogP contribution in [0, 0.1) is 16.7 Å². The molecule has 0 radical (unpaired) electrons. The van der Waals surface area contributed by atoms with E-state index in [-0.39, 0.29) is 18.5 Å². The quantitative estimate of drug-likeness (QED) is 0.194. The summed E-state index contributed by atoms with van der Waals surface area (Å²) in [6, 6.07) is 2.93. The SMILES string of the molecule is CC(C)C1(O)C(OC(=O)c2ccc[nH]2)C2(O)C3(CO)CC4(O)OC5(C(O)C(C)(O)CCC35O)C2(O)C41C. The highest BCUT2D eigenvalue weighted by Crippen LogP contribution is 2.90. The van der Waals surface area contributed by atoms with Gasteiger partial charge in [-0.05, 0) is 44.7 Å². The van der Waals surface area contributed by atoms with E-state index in [0.29, 0.717) is 0 Å². The van der Waals surface area contributed by atoms with Crippen molar-refractivity contribution in [3.63, 3.8) is 0 Å². The molecule has 6 fully saturated rings. The zero-order valence-electron chi connectivity index (χ0n) is 21.1. The van der Waals surface area contributed by atoms with E-state index >= 15 is 0 Å². The number of rotatable bonds is 4. The number of aliphatic hydroxyl groups excluding tert-OH is 2. The Morgan fingerprint density at radius 3 is 2.35 bits per heavy atom. The first kappa shape index (κ1) is 25.7. The molecule has 9 N–H and O–H groups in total. The van der Waals surface area contributed by atoms with Crippen LogP contribution in [0.1, 0.15) is 57.4 Å². The van der Waals surface area contributed by atoms with Gasteiger partial charge in [0, 0.05) is 12.6 Å². The molecule has 1 aromatic rings. The van der Waals surface area contributed by atoms with E-state index in [1.807, 2.05) is 0 Å². The molecule has 4 saturated carbocycles. The van der Waals surface area contributed by atoms with Crippen LogP contribution in [0.5, 0.6) is 0 Å². The summed E-state index contributed by atoms with van der Waals surface area (Å²) in [4.78, 5) is 15.9. The van der Waals surface area contributed by atoms with Crippen molar-refractivity contribution in [2.75, 3.05) is 6.61 Å². The molecule has 1 spiro atoms. The molecule has 4 aliphatic carbocycles. The van der Waals surface area contributed by atoms with Crippen molar-refractivity contribution in [2.24, 2.45) is 16.7 Å². The fraction of sp³-hybridized carbons (Fsp3) is 0.800. The van der Waals surface area contributed by atoms with Gasteiger partial charge < -0.3 is 55.3 Å². The molecule has 0 amide bonds. The molecule has 2 saturated heterocycles. The monoisotopic (exact) mass is 525 g/mol. The Balaban J connectivity index is 1.72. The van der Waals surface area contributed by atoms with Crippen LogP contribution < -0.4 is 0 Å². The Morgan fingerprint density at radius 2 is 1.81 bits per heavy atom. The zero-order chi connectivity index (χ0) is 27.5. The number of H-pyrrole nitrogens is 1. The predicted octanol–water partition coefficient (Wildman–Crippen LogP) is -2.10. The molecule has 206 valence electrons. The van der Waals surface area contributed by atoms with E-state index in [0.717, 1.165) is 0 Å². The lowest BCUT2D eigenvalue weighted by Crippen LogP contribution is -2.79. The van der Waals surface area contributed by atoms with Crippen LogP contribution in [0.4, 0.5) is 0 Å². The normalized spacial score (nSPS) is 59.3. The van der Waals surface area contributed by atoms with Gasteiger partial charge in [-0.1, -0.05) is 13.8 Å². The van der Waals surface area contributed by atoms with Crippen LogP contribution in [0.15, 0.2) is 18.3 Å². The molecule has 11 unspecified atom stereocenters. The van der Waals surface area contributed by atoms with Gasteiger partial charge >= 0.3 is 5.97 Å². The fourth-order valence-electron chi connectivity index (χ4n) is 9.59. The third-order valence-corrected chi connectivity index (χ3v) is 11.3. The van der Waals surface area contributed by atoms with Gasteiger partial charge in [0.15, 0.2) is 17.5 Å². The average Bonchev–Trinajstić information content (AvgIpc) is 3.45. The van der Waals surface area contributed by atoms with Crippen LogP contribution >= 0.6 is 0 Å². The first-order chi connectivity index (χ1) is 16.9. The summed E-state index contributed by atoms with van der Waals surface area (Å²) >= 11 is 0. The summed E-state index contributed by atoms with van der Waals surface area (Å²) in [5, 5.41) is 96.1. The van der Waals surface area contributed by atoms with E-state index in [4.69, 9.17) is 9.47 Å². The lowest BCUT2D eigenvalue weighted by atomic mass is 9.52. The molecule has 11 atom stereocenters. The minimum atomic E-state index is -2.93. The third kappa shape index (κ3) is 1.91. The van der Waals surface area contributed by atoms with Crippen molar-refractivity contribution in [1.29, 1.82) is 0 Å². The predicted molar refractivity (Wildman–Crippen MR) is 122 cm³/mol. The van der Waals surface area contributed by atoms with Gasteiger partial charge in [0.2, 0.25) is 0 Å². The van der Waals surface area contributed by atoms with Gasteiger partial charge in [-0.25, -0.2) is 4.79 Å². The van der Waals surface area contributed by atoms with E-state index < -0.39 is 87.3 Å². The minimum Gasteiger partial charge on any atom is -0.451 e. The number of aliphatic hydroxyl groups is 8. The molecular formula is C25H35NO11. The third-order valence-electron chi connectivity index (χ3n) is 11.3. The molecule has 6 aliphatic rings. The van der Waals surface area contributed by atoms with E-state index in [1.165, 1.54) is 46.0 Å². The molecule has 0 aromatic carbocycles. The second-order valence-electron chi connectivity index (χ2n) is 12.6. The van der Waals surface area contributed by atoms with Gasteiger partial charge in [-0.15, -0.1) is 0 Å². The second-order valence-corrected chi connectivity index (χ2v) is 12.6. The van der Waals surface area contributed by atoms with Gasteiger partial charge in [-0.2, -0.15) is 0 Å². The molecule has 12 nitrogen and oxygen atoms in total. The number of ether oxygens (including phenoxy) is 2. The molecule has 1 aromatic heterocycles. The maximum absolute atomic E-state index is 13.2. The van der Waals surface area contributed by atoms with Crippen molar-refractivity contribution in [3.05, 3.63) is 24.0 Å². The molecule has 3 heterocycles. The Hall–Kier alpha value is -1.61. The minimum absolute atomic E-state index is 0.0314. The maximum atomic E-state index is 13.2. The van der Waals surface area contributed by atoms with Crippen molar-refractivity contribution < 1.29 is 55.1 Å². The first-order valence-electron chi connectivity index (χ1n) is 12.6. The summed E-state index contributed by atoms with van der Waals surface area (Å²) < 4.78 is 11.8. The van der Waals surface area contributed by atoms with Crippen molar-refractivity contribution in [2.45, 2.75) is 98.6 Å². The lowest BCUT2D eigenvalue weighted by Gasteiger charge is -2.62. The molecular weight excluding hydrogens is 490 g/mol. The number of nitrogens with one attached hydrogen (secondary N) is 1. The number of carbonyl (C=O) groups is 1. The van der Waals surface area contributed by atoms with Gasteiger partial charge in [-0.3, -0.25) is 0 Å². The van der Waals surface area contributed by atoms with Gasteiger partial charge in [0.05, 0.1) is 23.0 Å². The van der Waals surface area contributed by atoms with Crippen LogP contribution in [0.2, 0.25) is 0 Å². The molecule has 7 rings (SSSR count). The second kappa shape index (κ2) is 6.40. The van der Waals surface area contributed by atoms with Gasteiger partial charge in [0.25, 0.3) is 0 Å². The van der Waals surface area contributed by atoms with Crippen molar-refractivity contribution >= 4 is 5.97 Å². The smallest absolute Gasteiger partial charge is 0.355 e. The Labute approximate surface area is 212 Å². The molecule has 12 heteroatoms. The Morgan fingerprint density at radius 1 is 1.16 bits per heavy atom. The standard InChI is InChI=1S/C25H35NO11/c1-12(2)22(33)16(36-14(28)13-6-5-9-26-13)23(34)19(11-27)10-21(32)18(22,4)25(23,35)24(37-21)15(29)17(3,30)7-8-20(19,24)31/h5-6,9,12,15-16,26-27,29-35H,7-8,10-11H2,1-4H3. The molecule has 2 aliphatic heterocycles. The fourth-order valence-corrected chi connectivity index (χ4v) is 9.59. The summed E-state index contributed by atoms with van der Waals surface area (Å²) in [6.45, 7) is 4.54. The van der Waals surface area contributed by atoms with Gasteiger partial charge in [0.1, 0.15) is 34.2 Å². The average molecular weight is 526 g/mol.